The van der Waals surface area contributed by atoms with Gasteiger partial charge in [-0.2, -0.15) is 5.26 Å². The van der Waals surface area contributed by atoms with E-state index in [4.69, 9.17) is 16.9 Å². The zero-order valence-corrected chi connectivity index (χ0v) is 6.69. The highest BCUT2D eigenvalue weighted by Gasteiger charge is 1.97. The van der Waals surface area contributed by atoms with Crippen LogP contribution in [0.2, 0.25) is 5.02 Å². The van der Waals surface area contributed by atoms with Gasteiger partial charge in [0.1, 0.15) is 5.82 Å². The number of hydrogen-bond donors (Lipinski definition) is 0. The van der Waals surface area contributed by atoms with E-state index in [1.54, 1.807) is 6.07 Å². The van der Waals surface area contributed by atoms with Crippen molar-refractivity contribution in [2.75, 3.05) is 0 Å². The van der Waals surface area contributed by atoms with E-state index in [1.165, 1.54) is 18.2 Å². The number of halogens is 2. The summed E-state index contributed by atoms with van der Waals surface area (Å²) in [6.45, 7) is 0. The van der Waals surface area contributed by atoms with Gasteiger partial charge in [0.15, 0.2) is 6.07 Å². The van der Waals surface area contributed by atoms with E-state index in [9.17, 15) is 4.39 Å². The van der Waals surface area contributed by atoms with Crippen molar-refractivity contribution in [2.45, 2.75) is 0 Å². The molecular formula is C9H3ClFN. The summed E-state index contributed by atoms with van der Waals surface area (Å²) in [6, 6.07) is 5.44. The van der Waals surface area contributed by atoms with Crippen LogP contribution in [0.1, 0.15) is 5.56 Å². The van der Waals surface area contributed by atoms with Crippen LogP contribution in [0.4, 0.5) is 4.39 Å². The molecule has 0 saturated heterocycles. The summed E-state index contributed by atoms with van der Waals surface area (Å²) in [5.74, 6) is 4.14. The molecule has 1 rings (SSSR count). The van der Waals surface area contributed by atoms with Gasteiger partial charge < -0.3 is 0 Å². The van der Waals surface area contributed by atoms with Gasteiger partial charge in [-0.05, 0) is 24.1 Å². The van der Waals surface area contributed by atoms with Gasteiger partial charge in [-0.25, -0.2) is 4.39 Å². The van der Waals surface area contributed by atoms with E-state index in [-0.39, 0.29) is 0 Å². The Morgan fingerprint density at radius 1 is 1.42 bits per heavy atom. The van der Waals surface area contributed by atoms with Crippen LogP contribution in [0.25, 0.3) is 0 Å². The van der Waals surface area contributed by atoms with Crippen LogP contribution < -0.4 is 0 Å². The van der Waals surface area contributed by atoms with Crippen LogP contribution in [0.3, 0.4) is 0 Å². The molecule has 0 amide bonds. The monoisotopic (exact) mass is 179 g/mol. The predicted molar refractivity (Wildman–Crippen MR) is 43.9 cm³/mol. The molecule has 3 heteroatoms. The Morgan fingerprint density at radius 3 is 2.83 bits per heavy atom. The van der Waals surface area contributed by atoms with Crippen LogP contribution in [-0.2, 0) is 0 Å². The van der Waals surface area contributed by atoms with Gasteiger partial charge in [0.2, 0.25) is 0 Å². The molecule has 0 spiro atoms. The third kappa shape index (κ3) is 1.99. The Morgan fingerprint density at radius 2 is 2.17 bits per heavy atom. The van der Waals surface area contributed by atoms with Crippen LogP contribution in [0, 0.1) is 29.0 Å². The van der Waals surface area contributed by atoms with Crippen molar-refractivity contribution in [3.05, 3.63) is 34.6 Å². The molecule has 0 unspecified atom stereocenters. The van der Waals surface area contributed by atoms with Crippen LogP contribution in [-0.4, -0.2) is 0 Å². The van der Waals surface area contributed by atoms with Gasteiger partial charge in [-0.1, -0.05) is 11.6 Å². The number of benzene rings is 1. The molecule has 0 saturated carbocycles. The molecule has 0 radical (unpaired) electrons. The van der Waals surface area contributed by atoms with Crippen LogP contribution in [0.15, 0.2) is 18.2 Å². The van der Waals surface area contributed by atoms with Gasteiger partial charge >= 0.3 is 0 Å². The van der Waals surface area contributed by atoms with Crippen LogP contribution in [0.5, 0.6) is 0 Å². The normalized spacial score (nSPS) is 8.08. The van der Waals surface area contributed by atoms with E-state index in [1.807, 2.05) is 0 Å². The van der Waals surface area contributed by atoms with Crippen molar-refractivity contribution in [3.63, 3.8) is 0 Å². The molecule has 1 aromatic carbocycles. The highest BCUT2D eigenvalue weighted by Crippen LogP contribution is 2.15. The Labute approximate surface area is 74.4 Å². The maximum absolute atomic E-state index is 12.6. The summed E-state index contributed by atoms with van der Waals surface area (Å²) in [4.78, 5) is 0. The number of hydrogen-bond acceptors (Lipinski definition) is 1. The first kappa shape index (κ1) is 8.59. The van der Waals surface area contributed by atoms with Gasteiger partial charge in [-0.15, -0.1) is 0 Å². The first-order valence-electron chi connectivity index (χ1n) is 3.09. The number of rotatable bonds is 0. The minimum atomic E-state index is -0.415. The summed E-state index contributed by atoms with van der Waals surface area (Å²) in [6.07, 6.45) is 0. The molecule has 0 aliphatic heterocycles. The summed E-state index contributed by atoms with van der Waals surface area (Å²) >= 11 is 5.65. The number of nitriles is 1. The minimum absolute atomic E-state index is 0.332. The average molecular weight is 180 g/mol. The van der Waals surface area contributed by atoms with E-state index >= 15 is 0 Å². The van der Waals surface area contributed by atoms with Crippen molar-refractivity contribution >= 4 is 11.6 Å². The third-order valence-electron chi connectivity index (χ3n) is 1.18. The third-order valence-corrected chi connectivity index (χ3v) is 1.51. The van der Waals surface area contributed by atoms with Gasteiger partial charge in [0, 0.05) is 11.5 Å². The highest BCUT2D eigenvalue weighted by molar-refractivity contribution is 6.31. The van der Waals surface area contributed by atoms with Gasteiger partial charge in [0.25, 0.3) is 0 Å². The summed E-state index contributed by atoms with van der Waals surface area (Å²) < 4.78 is 12.6. The quantitative estimate of drug-likeness (QED) is 0.561. The molecule has 0 aliphatic carbocycles. The Kier molecular flexibility index (Phi) is 2.69. The molecule has 0 fully saturated rings. The maximum Gasteiger partial charge on any atom is 0.152 e. The second-order valence-electron chi connectivity index (χ2n) is 1.99. The summed E-state index contributed by atoms with van der Waals surface area (Å²) in [5.41, 5.74) is 0.332. The zero-order valence-electron chi connectivity index (χ0n) is 5.94. The Hall–Kier alpha value is -1.51. The topological polar surface area (TPSA) is 23.8 Å². The van der Waals surface area contributed by atoms with E-state index in [0.717, 1.165) is 0 Å². The smallest absolute Gasteiger partial charge is 0.152 e. The van der Waals surface area contributed by atoms with Crippen molar-refractivity contribution in [3.8, 4) is 17.9 Å². The lowest BCUT2D eigenvalue weighted by Crippen LogP contribution is -1.79. The SMILES string of the molecule is N#CC#Cc1cc(F)ccc1Cl. The molecule has 0 heterocycles. The molecular weight excluding hydrogens is 177 g/mol. The summed E-state index contributed by atoms with van der Waals surface area (Å²) in [5, 5.41) is 8.47. The predicted octanol–water partition coefficient (Wildman–Crippen LogP) is 2.35. The minimum Gasteiger partial charge on any atom is -0.207 e. The van der Waals surface area contributed by atoms with E-state index < -0.39 is 5.82 Å². The van der Waals surface area contributed by atoms with Gasteiger partial charge in [-0.3, -0.25) is 0 Å². The second kappa shape index (κ2) is 3.76. The molecule has 1 aromatic rings. The van der Waals surface area contributed by atoms with Crippen molar-refractivity contribution in [2.24, 2.45) is 0 Å². The molecule has 58 valence electrons. The lowest BCUT2D eigenvalue weighted by molar-refractivity contribution is 0.627. The first-order chi connectivity index (χ1) is 5.74. The Bertz CT molecular complexity index is 395. The standard InChI is InChI=1S/C9H3ClFN/c10-9-4-3-8(11)6-7(9)2-1-5-12/h3-4,6H. The molecule has 0 N–H and O–H groups in total. The highest BCUT2D eigenvalue weighted by atomic mass is 35.5. The van der Waals surface area contributed by atoms with Crippen molar-refractivity contribution < 1.29 is 4.39 Å². The lowest BCUT2D eigenvalue weighted by atomic mass is 10.2. The fourth-order valence-corrected chi connectivity index (χ4v) is 0.853. The van der Waals surface area contributed by atoms with E-state index in [0.29, 0.717) is 10.6 Å². The summed E-state index contributed by atoms with van der Waals surface area (Å²) in [7, 11) is 0. The molecule has 0 aromatic heterocycles. The van der Waals surface area contributed by atoms with Gasteiger partial charge in [0.05, 0.1) is 5.02 Å². The molecule has 0 atom stereocenters. The van der Waals surface area contributed by atoms with Crippen LogP contribution >= 0.6 is 11.6 Å². The molecule has 0 aliphatic rings. The largest absolute Gasteiger partial charge is 0.207 e. The van der Waals surface area contributed by atoms with Crippen molar-refractivity contribution in [1.82, 2.24) is 0 Å². The zero-order chi connectivity index (χ0) is 8.97. The van der Waals surface area contributed by atoms with E-state index in [2.05, 4.69) is 11.8 Å². The Balaban J connectivity index is 3.16. The fourth-order valence-electron chi connectivity index (χ4n) is 0.689. The lowest BCUT2D eigenvalue weighted by Gasteiger charge is -1.93. The first-order valence-corrected chi connectivity index (χ1v) is 3.47. The fraction of sp³-hybridized carbons (Fsp3) is 0. The maximum atomic E-state index is 12.6. The molecule has 0 bridgehead atoms. The molecule has 1 nitrogen and oxygen atoms in total. The molecule has 12 heavy (non-hydrogen) atoms. The van der Waals surface area contributed by atoms with Crippen molar-refractivity contribution in [1.29, 1.82) is 5.26 Å². The average Bonchev–Trinajstić information content (AvgIpc) is 2.07. The number of nitrogens with zero attached hydrogens (tertiary/aromatic N) is 1. The second-order valence-corrected chi connectivity index (χ2v) is 2.39.